The smallest absolute Gasteiger partial charge is 0.443 e. The van der Waals surface area contributed by atoms with E-state index in [1.165, 1.54) is 6.07 Å². The van der Waals surface area contributed by atoms with Crippen LogP contribution >= 0.6 is 11.3 Å². The van der Waals surface area contributed by atoms with Gasteiger partial charge in [-0.15, -0.1) is 11.3 Å². The minimum atomic E-state index is -4.52. The summed E-state index contributed by atoms with van der Waals surface area (Å²) in [6.07, 6.45) is -3.51. The normalized spacial score (nSPS) is 11.8. The number of aromatic hydroxyl groups is 1. The Kier molecular flexibility index (Phi) is 2.78. The topological polar surface area (TPSA) is 33.1 Å². The molecule has 0 atom stereocenters. The molecule has 2 rings (SSSR count). The second kappa shape index (κ2) is 3.99. The van der Waals surface area contributed by atoms with E-state index in [9.17, 15) is 17.6 Å². The van der Waals surface area contributed by atoms with Crippen LogP contribution < -0.4 is 0 Å². The third-order valence-corrected chi connectivity index (χ3v) is 3.01. The van der Waals surface area contributed by atoms with Crippen molar-refractivity contribution in [3.63, 3.8) is 0 Å². The third-order valence-electron chi connectivity index (χ3n) is 1.92. The molecular weight excluding hydrogens is 258 g/mol. The summed E-state index contributed by atoms with van der Waals surface area (Å²) >= 11 is 0.396. The van der Waals surface area contributed by atoms with E-state index >= 15 is 0 Å². The maximum absolute atomic E-state index is 13.0. The number of benzene rings is 1. The molecule has 17 heavy (non-hydrogen) atoms. The fourth-order valence-electron chi connectivity index (χ4n) is 1.26. The minimum Gasteiger partial charge on any atom is -0.508 e. The molecule has 0 saturated heterocycles. The van der Waals surface area contributed by atoms with Crippen molar-refractivity contribution >= 4 is 11.3 Å². The first kappa shape index (κ1) is 11.8. The van der Waals surface area contributed by atoms with Gasteiger partial charge in [0, 0.05) is 12.3 Å². The molecule has 1 N–H and O–H groups in total. The number of thiazole rings is 1. The average Bonchev–Trinajstić information content (AvgIpc) is 2.63. The third kappa shape index (κ3) is 2.55. The molecule has 0 saturated carbocycles. The molecule has 0 aliphatic heterocycles. The van der Waals surface area contributed by atoms with Crippen molar-refractivity contribution in [3.8, 4) is 16.2 Å². The van der Waals surface area contributed by atoms with Gasteiger partial charge in [-0.2, -0.15) is 13.2 Å². The van der Waals surface area contributed by atoms with Gasteiger partial charge in [0.15, 0.2) is 5.01 Å². The molecule has 1 aromatic heterocycles. The fraction of sp³-hybridized carbons (Fsp3) is 0.100. The second-order valence-electron chi connectivity index (χ2n) is 3.23. The number of halogens is 4. The number of phenolic OH excluding ortho intramolecular Hbond substituents is 1. The van der Waals surface area contributed by atoms with Crippen molar-refractivity contribution in [3.05, 3.63) is 35.2 Å². The van der Waals surface area contributed by atoms with Gasteiger partial charge >= 0.3 is 6.18 Å². The molecule has 0 unspecified atom stereocenters. The Morgan fingerprint density at radius 1 is 1.18 bits per heavy atom. The monoisotopic (exact) mass is 263 g/mol. The predicted molar refractivity (Wildman–Crippen MR) is 54.2 cm³/mol. The summed E-state index contributed by atoms with van der Waals surface area (Å²) in [5.41, 5.74) is 0.163. The van der Waals surface area contributed by atoms with Gasteiger partial charge in [-0.25, -0.2) is 9.37 Å². The highest BCUT2D eigenvalue weighted by Gasteiger charge is 2.34. The Morgan fingerprint density at radius 3 is 2.41 bits per heavy atom. The Hall–Kier alpha value is -1.63. The van der Waals surface area contributed by atoms with Crippen molar-refractivity contribution in [2.45, 2.75) is 6.18 Å². The first-order valence-corrected chi connectivity index (χ1v) is 5.21. The summed E-state index contributed by atoms with van der Waals surface area (Å²) in [7, 11) is 0. The van der Waals surface area contributed by atoms with Gasteiger partial charge < -0.3 is 5.11 Å². The summed E-state index contributed by atoms with van der Waals surface area (Å²) in [6.45, 7) is 0. The van der Waals surface area contributed by atoms with E-state index in [1.54, 1.807) is 0 Å². The van der Waals surface area contributed by atoms with Gasteiger partial charge in [0.1, 0.15) is 11.6 Å². The van der Waals surface area contributed by atoms with E-state index < -0.39 is 17.0 Å². The second-order valence-corrected chi connectivity index (χ2v) is 4.26. The molecule has 0 bridgehead atoms. The highest BCUT2D eigenvalue weighted by molar-refractivity contribution is 7.15. The van der Waals surface area contributed by atoms with Crippen molar-refractivity contribution in [1.29, 1.82) is 0 Å². The van der Waals surface area contributed by atoms with E-state index in [0.29, 0.717) is 11.3 Å². The van der Waals surface area contributed by atoms with Crippen molar-refractivity contribution in [1.82, 2.24) is 4.98 Å². The zero-order valence-electron chi connectivity index (χ0n) is 8.12. The molecule has 0 fully saturated rings. The Morgan fingerprint density at radius 2 is 1.88 bits per heavy atom. The SMILES string of the molecule is Oc1cc(F)cc(-c2cnc(C(F)(F)F)s2)c1. The molecule has 0 radical (unpaired) electrons. The first-order chi connectivity index (χ1) is 7.86. The molecule has 0 aliphatic rings. The van der Waals surface area contributed by atoms with Crippen LogP contribution in [0, 0.1) is 5.82 Å². The molecule has 0 amide bonds. The van der Waals surface area contributed by atoms with Crippen LogP contribution in [-0.4, -0.2) is 10.1 Å². The molecule has 1 heterocycles. The highest BCUT2D eigenvalue weighted by Crippen LogP contribution is 2.37. The van der Waals surface area contributed by atoms with E-state index in [0.717, 1.165) is 18.3 Å². The summed E-state index contributed by atoms with van der Waals surface area (Å²) in [4.78, 5) is 3.36. The zero-order valence-corrected chi connectivity index (χ0v) is 8.94. The van der Waals surface area contributed by atoms with E-state index in [1.807, 2.05) is 0 Å². The summed E-state index contributed by atoms with van der Waals surface area (Å²) in [6, 6.07) is 3.08. The number of hydrogen-bond acceptors (Lipinski definition) is 3. The van der Waals surface area contributed by atoms with Crippen LogP contribution in [0.25, 0.3) is 10.4 Å². The number of phenols is 1. The molecule has 1 aromatic carbocycles. The van der Waals surface area contributed by atoms with Crippen LogP contribution in [0.1, 0.15) is 5.01 Å². The lowest BCUT2D eigenvalue weighted by Crippen LogP contribution is -2.02. The molecule has 0 aliphatic carbocycles. The van der Waals surface area contributed by atoms with Gasteiger partial charge in [-0.1, -0.05) is 0 Å². The van der Waals surface area contributed by atoms with Gasteiger partial charge in [0.2, 0.25) is 0 Å². The molecule has 7 heteroatoms. The Bertz CT molecular complexity index is 529. The first-order valence-electron chi connectivity index (χ1n) is 4.39. The van der Waals surface area contributed by atoms with Crippen LogP contribution in [0.2, 0.25) is 0 Å². The Labute approximate surface area is 97.2 Å². The maximum Gasteiger partial charge on any atom is 0.443 e. The van der Waals surface area contributed by atoms with Crippen molar-refractivity contribution in [2.75, 3.05) is 0 Å². The number of rotatable bonds is 1. The van der Waals surface area contributed by atoms with E-state index in [4.69, 9.17) is 5.11 Å². The maximum atomic E-state index is 13.0. The summed E-state index contributed by atoms with van der Waals surface area (Å²) in [5, 5.41) is 8.14. The molecule has 0 spiro atoms. The van der Waals surface area contributed by atoms with Crippen molar-refractivity contribution in [2.24, 2.45) is 0 Å². The zero-order chi connectivity index (χ0) is 12.6. The number of aromatic nitrogens is 1. The van der Waals surface area contributed by atoms with Crippen molar-refractivity contribution < 1.29 is 22.7 Å². The molecule has 2 nitrogen and oxygen atoms in total. The molecule has 90 valence electrons. The predicted octanol–water partition coefficient (Wildman–Crippen LogP) is 3.67. The van der Waals surface area contributed by atoms with Gasteiger partial charge in [0.25, 0.3) is 0 Å². The van der Waals surface area contributed by atoms with Gasteiger partial charge in [0.05, 0.1) is 4.88 Å². The molecule has 2 aromatic rings. The average molecular weight is 263 g/mol. The van der Waals surface area contributed by atoms with Crippen LogP contribution in [0.15, 0.2) is 24.4 Å². The van der Waals surface area contributed by atoms with Crippen LogP contribution in [0.3, 0.4) is 0 Å². The minimum absolute atomic E-state index is 0.145. The van der Waals surface area contributed by atoms with Gasteiger partial charge in [-0.3, -0.25) is 0 Å². The van der Waals surface area contributed by atoms with Crippen LogP contribution in [-0.2, 0) is 6.18 Å². The van der Waals surface area contributed by atoms with E-state index in [2.05, 4.69) is 4.98 Å². The molecular formula is C10H5F4NOS. The summed E-state index contributed by atoms with van der Waals surface area (Å²) in [5.74, 6) is -1.07. The number of alkyl halides is 3. The van der Waals surface area contributed by atoms with Gasteiger partial charge in [-0.05, 0) is 17.7 Å². The summed E-state index contributed by atoms with van der Waals surface area (Å²) < 4.78 is 49.9. The van der Waals surface area contributed by atoms with Crippen LogP contribution in [0.5, 0.6) is 5.75 Å². The lowest BCUT2D eigenvalue weighted by Gasteiger charge is -2.00. The van der Waals surface area contributed by atoms with E-state index in [-0.39, 0.29) is 16.2 Å². The number of nitrogens with zero attached hydrogens (tertiary/aromatic N) is 1. The van der Waals surface area contributed by atoms with Crippen LogP contribution in [0.4, 0.5) is 17.6 Å². The lowest BCUT2D eigenvalue weighted by molar-refractivity contribution is -0.137. The Balaban J connectivity index is 2.44. The largest absolute Gasteiger partial charge is 0.508 e. The number of hydrogen-bond donors (Lipinski definition) is 1. The lowest BCUT2D eigenvalue weighted by atomic mass is 10.2. The fourth-order valence-corrected chi connectivity index (χ4v) is 2.03. The highest BCUT2D eigenvalue weighted by atomic mass is 32.1. The quantitative estimate of drug-likeness (QED) is 0.796. The standard InChI is InChI=1S/C10H5F4NOS/c11-6-1-5(2-7(16)3-6)8-4-15-9(17-8)10(12,13)14/h1-4,16H.